The van der Waals surface area contributed by atoms with Crippen molar-refractivity contribution >= 4 is 32.3 Å². The lowest BCUT2D eigenvalue weighted by Crippen LogP contribution is -1.91. The van der Waals surface area contributed by atoms with Gasteiger partial charge in [-0.25, -0.2) is 0 Å². The maximum atomic E-state index is 4.34. The Morgan fingerprint density at radius 2 is 0.804 bits per heavy atom. The normalized spacial score (nSPS) is 11.5. The van der Waals surface area contributed by atoms with Gasteiger partial charge in [0.25, 0.3) is 0 Å². The lowest BCUT2D eigenvalue weighted by molar-refractivity contribution is 1.33. The Hall–Kier alpha value is -6.19. The van der Waals surface area contributed by atoms with Crippen molar-refractivity contribution in [1.29, 1.82) is 0 Å². The molecule has 0 spiro atoms. The van der Waals surface area contributed by atoms with Gasteiger partial charge in [-0.05, 0) is 137 Å². The Morgan fingerprint density at radius 3 is 1.39 bits per heavy atom. The second-order valence-electron chi connectivity index (χ2n) is 11.7. The summed E-state index contributed by atoms with van der Waals surface area (Å²) in [6.07, 6.45) is 11.2. The quantitative estimate of drug-likeness (QED) is 0.189. The van der Waals surface area contributed by atoms with Crippen LogP contribution in [-0.4, -0.2) is 15.0 Å². The molecule has 0 bridgehead atoms. The number of nitrogens with zero attached hydrogens (tertiary/aromatic N) is 3. The van der Waals surface area contributed by atoms with E-state index in [0.717, 1.165) is 33.4 Å². The van der Waals surface area contributed by atoms with Crippen molar-refractivity contribution < 1.29 is 0 Å². The van der Waals surface area contributed by atoms with Gasteiger partial charge in [-0.1, -0.05) is 72.8 Å². The lowest BCUT2D eigenvalue weighted by Gasteiger charge is -2.18. The van der Waals surface area contributed by atoms with Crippen LogP contribution in [0.3, 0.4) is 0 Å². The van der Waals surface area contributed by atoms with Crippen LogP contribution in [0.5, 0.6) is 0 Å². The van der Waals surface area contributed by atoms with Crippen molar-refractivity contribution in [2.75, 3.05) is 0 Å². The molecule has 3 heterocycles. The molecule has 0 N–H and O–H groups in total. The van der Waals surface area contributed by atoms with Crippen molar-refractivity contribution in [3.63, 3.8) is 0 Å². The molecule has 0 aliphatic rings. The molecule has 0 atom stereocenters. The highest BCUT2D eigenvalue weighted by molar-refractivity contribution is 6.27. The predicted octanol–water partition coefficient (Wildman–Crippen LogP) is 11.1. The van der Waals surface area contributed by atoms with E-state index >= 15 is 0 Å². The molecule has 3 aromatic heterocycles. The Bertz CT molecular complexity index is 2450. The van der Waals surface area contributed by atoms with E-state index in [1.54, 1.807) is 0 Å². The average molecular weight is 586 g/mol. The maximum absolute atomic E-state index is 4.34. The number of hydrogen-bond acceptors (Lipinski definition) is 3. The van der Waals surface area contributed by atoms with Gasteiger partial charge >= 0.3 is 0 Å². The first kappa shape index (κ1) is 26.2. The summed E-state index contributed by atoms with van der Waals surface area (Å²) < 4.78 is 0. The van der Waals surface area contributed by atoms with Crippen LogP contribution >= 0.6 is 0 Å². The molecule has 0 fully saturated rings. The van der Waals surface area contributed by atoms with Gasteiger partial charge < -0.3 is 0 Å². The zero-order valence-corrected chi connectivity index (χ0v) is 24.9. The number of hydrogen-bond donors (Lipinski definition) is 0. The van der Waals surface area contributed by atoms with Gasteiger partial charge in [0.2, 0.25) is 0 Å². The summed E-state index contributed by atoms with van der Waals surface area (Å²) in [6, 6.07) is 46.3. The van der Waals surface area contributed by atoms with E-state index < -0.39 is 0 Å². The third-order valence-corrected chi connectivity index (χ3v) is 9.10. The van der Waals surface area contributed by atoms with Gasteiger partial charge in [0.15, 0.2) is 0 Å². The minimum Gasteiger partial charge on any atom is -0.265 e. The van der Waals surface area contributed by atoms with Crippen molar-refractivity contribution in [2.24, 2.45) is 0 Å². The second-order valence-corrected chi connectivity index (χ2v) is 11.7. The molecule has 3 nitrogen and oxygen atoms in total. The highest BCUT2D eigenvalue weighted by Gasteiger charge is 2.16. The van der Waals surface area contributed by atoms with Crippen LogP contribution in [0.25, 0.3) is 88.0 Å². The summed E-state index contributed by atoms with van der Waals surface area (Å²) in [4.78, 5) is 12.9. The summed E-state index contributed by atoms with van der Waals surface area (Å²) in [5.41, 5.74) is 11.7. The van der Waals surface area contributed by atoms with E-state index in [2.05, 4.69) is 136 Å². The lowest BCUT2D eigenvalue weighted by atomic mass is 9.86. The van der Waals surface area contributed by atoms with Gasteiger partial charge in [0.1, 0.15) is 0 Å². The van der Waals surface area contributed by atoms with Crippen LogP contribution < -0.4 is 0 Å². The fourth-order valence-corrected chi connectivity index (χ4v) is 6.91. The number of benzene rings is 6. The maximum Gasteiger partial charge on any atom is 0.0346 e. The minimum atomic E-state index is 1.12. The van der Waals surface area contributed by atoms with Crippen molar-refractivity contribution in [3.05, 3.63) is 165 Å². The highest BCUT2D eigenvalue weighted by atomic mass is 14.6. The van der Waals surface area contributed by atoms with Gasteiger partial charge in [-0.15, -0.1) is 0 Å². The molecule has 0 saturated heterocycles. The van der Waals surface area contributed by atoms with Crippen molar-refractivity contribution in [2.45, 2.75) is 0 Å². The van der Waals surface area contributed by atoms with Crippen LogP contribution in [0, 0.1) is 0 Å². The molecular formula is C43H27N3. The van der Waals surface area contributed by atoms with Gasteiger partial charge in [0.05, 0.1) is 0 Å². The number of pyridine rings is 3. The smallest absolute Gasteiger partial charge is 0.0346 e. The molecule has 0 amide bonds. The first-order chi connectivity index (χ1) is 22.8. The molecule has 9 aromatic rings. The molecule has 3 heteroatoms. The molecule has 46 heavy (non-hydrogen) atoms. The van der Waals surface area contributed by atoms with Crippen molar-refractivity contribution in [3.8, 4) is 55.6 Å². The van der Waals surface area contributed by atoms with Gasteiger partial charge in [-0.2, -0.15) is 0 Å². The second kappa shape index (κ2) is 10.8. The summed E-state index contributed by atoms with van der Waals surface area (Å²) in [5, 5.41) is 7.63. The number of rotatable bonds is 5. The molecule has 9 rings (SSSR count). The van der Waals surface area contributed by atoms with E-state index in [-0.39, 0.29) is 0 Å². The van der Waals surface area contributed by atoms with Crippen LogP contribution in [-0.2, 0) is 0 Å². The summed E-state index contributed by atoms with van der Waals surface area (Å²) in [7, 11) is 0. The fourth-order valence-electron chi connectivity index (χ4n) is 6.91. The molecule has 0 unspecified atom stereocenters. The van der Waals surface area contributed by atoms with E-state index in [9.17, 15) is 0 Å². The Kier molecular flexibility index (Phi) is 6.14. The predicted molar refractivity (Wildman–Crippen MR) is 191 cm³/mol. The summed E-state index contributed by atoms with van der Waals surface area (Å²) in [5.74, 6) is 0. The fraction of sp³-hybridized carbons (Fsp3) is 0. The first-order valence-electron chi connectivity index (χ1n) is 15.5. The summed E-state index contributed by atoms with van der Waals surface area (Å²) in [6.45, 7) is 0. The van der Waals surface area contributed by atoms with Gasteiger partial charge in [-0.3, -0.25) is 15.0 Å². The van der Waals surface area contributed by atoms with Crippen LogP contribution in [0.2, 0.25) is 0 Å². The van der Waals surface area contributed by atoms with E-state index in [1.807, 2.05) is 43.2 Å². The van der Waals surface area contributed by atoms with Crippen molar-refractivity contribution in [1.82, 2.24) is 15.0 Å². The Labute approximate surface area is 266 Å². The monoisotopic (exact) mass is 585 g/mol. The third-order valence-electron chi connectivity index (χ3n) is 9.10. The Morgan fingerprint density at radius 1 is 0.304 bits per heavy atom. The van der Waals surface area contributed by atoms with E-state index in [1.165, 1.54) is 54.6 Å². The zero-order chi connectivity index (χ0) is 30.5. The van der Waals surface area contributed by atoms with E-state index in [4.69, 9.17) is 0 Å². The standard InChI is InChI=1S/C43H27N3/c1-3-32(34-5-2-18-46-27-34)23-33(4-1)38-10-6-30-9-13-41-39(11-7-31-8-12-40(38)42(30)43(31)41)37-25-35(28-14-19-44-20-15-28)24-36(26-37)29-16-21-45-22-17-29/h1-27H. The topological polar surface area (TPSA) is 38.7 Å². The zero-order valence-electron chi connectivity index (χ0n) is 24.9. The molecule has 0 aliphatic heterocycles. The first-order valence-corrected chi connectivity index (χ1v) is 15.5. The molecule has 0 aliphatic carbocycles. The average Bonchev–Trinajstić information content (AvgIpc) is 3.14. The molecule has 214 valence electrons. The highest BCUT2D eigenvalue weighted by Crippen LogP contribution is 2.43. The minimum absolute atomic E-state index is 1.12. The largest absolute Gasteiger partial charge is 0.265 e. The van der Waals surface area contributed by atoms with Crippen LogP contribution in [0.1, 0.15) is 0 Å². The summed E-state index contributed by atoms with van der Waals surface area (Å²) >= 11 is 0. The SMILES string of the molecule is c1cncc(-c2cccc(-c3ccc4ccc5c(-c6cc(-c7ccncc7)cc(-c7ccncc7)c6)ccc6ccc3c4c65)c2)c1. The molecular weight excluding hydrogens is 558 g/mol. The number of aromatic nitrogens is 3. The van der Waals surface area contributed by atoms with Crippen LogP contribution in [0.15, 0.2) is 165 Å². The Balaban J connectivity index is 1.27. The van der Waals surface area contributed by atoms with Gasteiger partial charge in [0, 0.05) is 42.7 Å². The molecule has 0 saturated carbocycles. The molecule has 6 aromatic carbocycles. The molecule has 0 radical (unpaired) electrons. The van der Waals surface area contributed by atoms with E-state index in [0.29, 0.717) is 0 Å². The third kappa shape index (κ3) is 4.41. The van der Waals surface area contributed by atoms with Crippen LogP contribution in [0.4, 0.5) is 0 Å².